The van der Waals surface area contributed by atoms with Gasteiger partial charge in [0, 0.05) is 11.8 Å². The Hall–Kier alpha value is -2.23. The first-order valence-electron chi connectivity index (χ1n) is 6.84. The molecule has 0 aliphatic rings. The average Bonchev–Trinajstić information content (AvgIpc) is 2.43. The normalized spacial score (nSPS) is 11.9. The zero-order valence-electron chi connectivity index (χ0n) is 12.2. The van der Waals surface area contributed by atoms with Crippen LogP contribution in [0.3, 0.4) is 0 Å². The molecule has 2 aromatic rings. The standard InChI is InChI=1S/C16H21N3O/c1-4-12(3)20-14-7-5-6-13(9-14)19-16-8-11(2)15(17)10-18-16/h5-10,12H,4,17H2,1-3H3,(H,18,19). The van der Waals surface area contributed by atoms with E-state index in [-0.39, 0.29) is 6.10 Å². The smallest absolute Gasteiger partial charge is 0.130 e. The Labute approximate surface area is 120 Å². The summed E-state index contributed by atoms with van der Waals surface area (Å²) in [6.45, 7) is 6.13. The largest absolute Gasteiger partial charge is 0.491 e. The minimum atomic E-state index is 0.210. The van der Waals surface area contributed by atoms with Crippen LogP contribution >= 0.6 is 0 Å². The van der Waals surface area contributed by atoms with Crippen molar-refractivity contribution in [3.63, 3.8) is 0 Å². The monoisotopic (exact) mass is 271 g/mol. The van der Waals surface area contributed by atoms with Crippen molar-refractivity contribution < 1.29 is 4.74 Å². The number of nitrogens with two attached hydrogens (primary N) is 1. The van der Waals surface area contributed by atoms with Crippen molar-refractivity contribution in [1.29, 1.82) is 0 Å². The highest BCUT2D eigenvalue weighted by Gasteiger charge is 2.03. The van der Waals surface area contributed by atoms with Crippen LogP contribution in [-0.2, 0) is 0 Å². The van der Waals surface area contributed by atoms with E-state index in [9.17, 15) is 0 Å². The van der Waals surface area contributed by atoms with Crippen molar-refractivity contribution in [3.8, 4) is 5.75 Å². The van der Waals surface area contributed by atoms with Gasteiger partial charge in [-0.3, -0.25) is 0 Å². The minimum Gasteiger partial charge on any atom is -0.491 e. The van der Waals surface area contributed by atoms with Gasteiger partial charge in [-0.2, -0.15) is 0 Å². The Morgan fingerprint density at radius 1 is 1.35 bits per heavy atom. The van der Waals surface area contributed by atoms with Gasteiger partial charge in [0.05, 0.1) is 18.0 Å². The average molecular weight is 271 g/mol. The van der Waals surface area contributed by atoms with Gasteiger partial charge in [-0.15, -0.1) is 0 Å². The lowest BCUT2D eigenvalue weighted by Gasteiger charge is -2.14. The minimum absolute atomic E-state index is 0.210. The molecule has 0 aliphatic carbocycles. The van der Waals surface area contributed by atoms with Crippen LogP contribution < -0.4 is 15.8 Å². The van der Waals surface area contributed by atoms with Gasteiger partial charge in [0.2, 0.25) is 0 Å². The number of aromatic nitrogens is 1. The summed E-state index contributed by atoms with van der Waals surface area (Å²) in [4.78, 5) is 4.26. The highest BCUT2D eigenvalue weighted by atomic mass is 16.5. The van der Waals surface area contributed by atoms with E-state index in [2.05, 4.69) is 24.1 Å². The summed E-state index contributed by atoms with van der Waals surface area (Å²) in [5.74, 6) is 1.63. The van der Waals surface area contributed by atoms with E-state index in [0.29, 0.717) is 5.69 Å². The third kappa shape index (κ3) is 3.63. The zero-order valence-corrected chi connectivity index (χ0v) is 12.2. The highest BCUT2D eigenvalue weighted by Crippen LogP contribution is 2.23. The summed E-state index contributed by atoms with van der Waals surface area (Å²) < 4.78 is 5.80. The van der Waals surface area contributed by atoms with Gasteiger partial charge in [-0.25, -0.2) is 4.98 Å². The number of aryl methyl sites for hydroxylation is 1. The molecule has 0 radical (unpaired) electrons. The maximum atomic E-state index is 5.80. The van der Waals surface area contributed by atoms with Gasteiger partial charge in [-0.05, 0) is 44.0 Å². The van der Waals surface area contributed by atoms with Crippen molar-refractivity contribution >= 4 is 17.2 Å². The number of pyridine rings is 1. The van der Waals surface area contributed by atoms with Gasteiger partial charge < -0.3 is 15.8 Å². The van der Waals surface area contributed by atoms with Crippen LogP contribution in [0, 0.1) is 6.92 Å². The topological polar surface area (TPSA) is 60.2 Å². The van der Waals surface area contributed by atoms with E-state index in [1.54, 1.807) is 6.20 Å². The molecule has 1 aromatic heterocycles. The maximum Gasteiger partial charge on any atom is 0.130 e. The number of hydrogen-bond donors (Lipinski definition) is 2. The number of nitrogens with zero attached hydrogens (tertiary/aromatic N) is 1. The summed E-state index contributed by atoms with van der Waals surface area (Å²) in [6, 6.07) is 9.80. The number of nitrogen functional groups attached to an aromatic ring is 1. The lowest BCUT2D eigenvalue weighted by molar-refractivity contribution is 0.217. The van der Waals surface area contributed by atoms with Crippen molar-refractivity contribution in [1.82, 2.24) is 4.98 Å². The molecule has 0 amide bonds. The van der Waals surface area contributed by atoms with E-state index in [1.807, 2.05) is 37.3 Å². The van der Waals surface area contributed by atoms with Crippen molar-refractivity contribution in [2.24, 2.45) is 0 Å². The number of ether oxygens (including phenoxy) is 1. The fraction of sp³-hybridized carbons (Fsp3) is 0.312. The first-order chi connectivity index (χ1) is 9.58. The van der Waals surface area contributed by atoms with Crippen molar-refractivity contribution in [2.75, 3.05) is 11.1 Å². The zero-order chi connectivity index (χ0) is 14.5. The van der Waals surface area contributed by atoms with E-state index >= 15 is 0 Å². The molecule has 0 fully saturated rings. The van der Waals surface area contributed by atoms with E-state index in [0.717, 1.165) is 29.2 Å². The Bertz CT molecular complexity index is 584. The molecular formula is C16H21N3O. The number of anilines is 3. The van der Waals surface area contributed by atoms with Crippen LogP contribution in [0.4, 0.5) is 17.2 Å². The first-order valence-corrected chi connectivity index (χ1v) is 6.84. The van der Waals surface area contributed by atoms with Crippen LogP contribution in [0.2, 0.25) is 0 Å². The summed E-state index contributed by atoms with van der Waals surface area (Å²) in [7, 11) is 0. The molecule has 1 aromatic carbocycles. The highest BCUT2D eigenvalue weighted by molar-refractivity contribution is 5.61. The van der Waals surface area contributed by atoms with Crippen molar-refractivity contribution in [2.45, 2.75) is 33.3 Å². The van der Waals surface area contributed by atoms with Gasteiger partial charge in [0.25, 0.3) is 0 Å². The molecule has 3 N–H and O–H groups in total. The molecule has 1 atom stereocenters. The summed E-state index contributed by atoms with van der Waals surface area (Å²) in [5.41, 5.74) is 8.42. The van der Waals surface area contributed by atoms with E-state index in [1.165, 1.54) is 0 Å². The fourth-order valence-corrected chi connectivity index (χ4v) is 1.75. The second kappa shape index (κ2) is 6.28. The van der Waals surface area contributed by atoms with Crippen LogP contribution in [0.1, 0.15) is 25.8 Å². The number of benzene rings is 1. The Morgan fingerprint density at radius 3 is 2.85 bits per heavy atom. The molecule has 0 spiro atoms. The van der Waals surface area contributed by atoms with Gasteiger partial charge >= 0.3 is 0 Å². The Morgan fingerprint density at radius 2 is 2.15 bits per heavy atom. The molecular weight excluding hydrogens is 250 g/mol. The molecule has 0 saturated carbocycles. The predicted molar refractivity (Wildman–Crippen MR) is 83.5 cm³/mol. The number of nitrogens with one attached hydrogen (secondary N) is 1. The quantitative estimate of drug-likeness (QED) is 0.866. The maximum absolute atomic E-state index is 5.80. The molecule has 20 heavy (non-hydrogen) atoms. The lowest BCUT2D eigenvalue weighted by Crippen LogP contribution is -2.09. The summed E-state index contributed by atoms with van der Waals surface area (Å²) >= 11 is 0. The molecule has 0 aliphatic heterocycles. The van der Waals surface area contributed by atoms with Gasteiger partial charge in [0.15, 0.2) is 0 Å². The number of rotatable bonds is 5. The van der Waals surface area contributed by atoms with Crippen molar-refractivity contribution in [3.05, 3.63) is 42.1 Å². The lowest BCUT2D eigenvalue weighted by atomic mass is 10.2. The third-order valence-corrected chi connectivity index (χ3v) is 3.17. The summed E-state index contributed by atoms with van der Waals surface area (Å²) in [5, 5.41) is 3.26. The molecule has 0 bridgehead atoms. The van der Waals surface area contributed by atoms with Crippen LogP contribution in [0.25, 0.3) is 0 Å². The molecule has 1 heterocycles. The number of hydrogen-bond acceptors (Lipinski definition) is 4. The van der Waals surface area contributed by atoms with Crippen LogP contribution in [-0.4, -0.2) is 11.1 Å². The molecule has 4 heteroatoms. The summed E-state index contributed by atoms with van der Waals surface area (Å²) in [6.07, 6.45) is 2.86. The van der Waals surface area contributed by atoms with Gasteiger partial charge in [0.1, 0.15) is 11.6 Å². The van der Waals surface area contributed by atoms with E-state index in [4.69, 9.17) is 10.5 Å². The first kappa shape index (κ1) is 14.2. The molecule has 1 unspecified atom stereocenters. The van der Waals surface area contributed by atoms with Crippen LogP contribution in [0.5, 0.6) is 5.75 Å². The molecule has 2 rings (SSSR count). The van der Waals surface area contributed by atoms with Crippen LogP contribution in [0.15, 0.2) is 36.5 Å². The van der Waals surface area contributed by atoms with E-state index < -0.39 is 0 Å². The predicted octanol–water partition coefficient (Wildman–Crippen LogP) is 3.89. The Balaban J connectivity index is 2.12. The molecule has 106 valence electrons. The SMILES string of the molecule is CCC(C)Oc1cccc(Nc2cc(C)c(N)cn2)c1. The molecule has 0 saturated heterocycles. The third-order valence-electron chi connectivity index (χ3n) is 3.17. The van der Waals surface area contributed by atoms with Gasteiger partial charge in [-0.1, -0.05) is 13.0 Å². The molecule has 4 nitrogen and oxygen atoms in total. The fourth-order valence-electron chi connectivity index (χ4n) is 1.75. The second-order valence-electron chi connectivity index (χ2n) is 4.92. The second-order valence-corrected chi connectivity index (χ2v) is 4.92. The Kier molecular flexibility index (Phi) is 4.45.